The molecule has 5 rings (SSSR count). The van der Waals surface area contributed by atoms with Gasteiger partial charge in [0.2, 0.25) is 0 Å². The van der Waals surface area contributed by atoms with Crippen LogP contribution >= 0.6 is 0 Å². The second kappa shape index (κ2) is 7.61. The molecule has 0 bridgehead atoms. The molecule has 0 aliphatic rings. The van der Waals surface area contributed by atoms with Crippen LogP contribution < -0.4 is 10.5 Å². The maximum absolute atomic E-state index is 13.1. The molecule has 5 heteroatoms. The van der Waals surface area contributed by atoms with E-state index in [2.05, 4.69) is 16.3 Å². The number of aromatic amines is 1. The molecule has 0 saturated carbocycles. The van der Waals surface area contributed by atoms with Crippen molar-refractivity contribution < 1.29 is 9.53 Å². The number of ether oxygens (including phenoxy) is 1. The number of hydrogen-bond acceptors (Lipinski definition) is 4. The van der Waals surface area contributed by atoms with Gasteiger partial charge in [-0.25, -0.2) is 0 Å². The van der Waals surface area contributed by atoms with Gasteiger partial charge in [-0.3, -0.25) is 9.89 Å². The Balaban J connectivity index is 1.54. The molecule has 3 N–H and O–H groups in total. The summed E-state index contributed by atoms with van der Waals surface area (Å²) in [4.78, 5) is 13.1. The minimum Gasteiger partial charge on any atom is -0.497 e. The largest absolute Gasteiger partial charge is 0.497 e. The van der Waals surface area contributed by atoms with Crippen LogP contribution in [0.1, 0.15) is 15.9 Å². The van der Waals surface area contributed by atoms with Gasteiger partial charge in [-0.1, -0.05) is 54.6 Å². The van der Waals surface area contributed by atoms with Crippen molar-refractivity contribution in [1.29, 1.82) is 0 Å². The van der Waals surface area contributed by atoms with Gasteiger partial charge in [0, 0.05) is 12.0 Å². The molecule has 0 radical (unpaired) electrons. The van der Waals surface area contributed by atoms with Crippen LogP contribution in [-0.2, 0) is 6.42 Å². The second-order valence-electron chi connectivity index (χ2n) is 7.53. The van der Waals surface area contributed by atoms with Crippen molar-refractivity contribution in [1.82, 2.24) is 10.2 Å². The Hall–Kier alpha value is -4.12. The predicted octanol–water partition coefficient (Wildman–Crippen LogP) is 5.40. The lowest BCUT2D eigenvalue weighted by molar-refractivity contribution is 0.0994. The number of aromatic nitrogens is 2. The number of Topliss-reactive ketones (excluding diaryl/α,β-unsaturated/α-hetero) is 1. The van der Waals surface area contributed by atoms with Gasteiger partial charge in [0.05, 0.1) is 18.0 Å². The third-order valence-corrected chi connectivity index (χ3v) is 5.61. The highest BCUT2D eigenvalue weighted by Crippen LogP contribution is 2.33. The number of rotatable bonds is 5. The summed E-state index contributed by atoms with van der Waals surface area (Å²) in [5, 5.41) is 9.95. The Morgan fingerprint density at radius 3 is 2.71 bits per heavy atom. The molecule has 0 saturated heterocycles. The Morgan fingerprint density at radius 1 is 1.00 bits per heavy atom. The quantitative estimate of drug-likeness (QED) is 0.382. The van der Waals surface area contributed by atoms with Crippen molar-refractivity contribution in [2.45, 2.75) is 6.42 Å². The van der Waals surface area contributed by atoms with E-state index in [9.17, 15) is 4.79 Å². The fraction of sp³-hybridized carbons (Fsp3) is 0.0769. The monoisotopic (exact) mass is 407 g/mol. The SMILES string of the molecule is COc1cccc(CC(=O)c2cccc3cc(-c4cccc5[nH]nc(N)c45)ccc23)c1. The topological polar surface area (TPSA) is 81.0 Å². The van der Waals surface area contributed by atoms with Crippen molar-refractivity contribution >= 4 is 33.3 Å². The highest BCUT2D eigenvalue weighted by atomic mass is 16.5. The van der Waals surface area contributed by atoms with Gasteiger partial charge in [0.25, 0.3) is 0 Å². The maximum Gasteiger partial charge on any atom is 0.167 e. The molecule has 5 nitrogen and oxygen atoms in total. The molecule has 0 fully saturated rings. The average Bonchev–Trinajstić information content (AvgIpc) is 3.19. The van der Waals surface area contributed by atoms with E-state index >= 15 is 0 Å². The number of ketones is 1. The van der Waals surface area contributed by atoms with Crippen molar-refractivity contribution in [2.24, 2.45) is 0 Å². The molecular weight excluding hydrogens is 386 g/mol. The summed E-state index contributed by atoms with van der Waals surface area (Å²) in [5.74, 6) is 1.31. The van der Waals surface area contributed by atoms with Crippen LogP contribution in [0.5, 0.6) is 5.75 Å². The van der Waals surface area contributed by atoms with Crippen LogP contribution in [0.4, 0.5) is 5.82 Å². The lowest BCUT2D eigenvalue weighted by atomic mass is 9.94. The molecule has 5 aromatic rings. The highest BCUT2D eigenvalue weighted by molar-refractivity contribution is 6.10. The number of nitrogen functional groups attached to an aromatic ring is 1. The van der Waals surface area contributed by atoms with E-state index in [0.717, 1.165) is 44.1 Å². The minimum atomic E-state index is 0.0767. The molecule has 0 aliphatic heterocycles. The zero-order valence-electron chi connectivity index (χ0n) is 17.1. The third-order valence-electron chi connectivity index (χ3n) is 5.61. The summed E-state index contributed by atoms with van der Waals surface area (Å²) < 4.78 is 5.27. The molecule has 4 aromatic carbocycles. The first-order chi connectivity index (χ1) is 15.1. The van der Waals surface area contributed by atoms with Crippen molar-refractivity contribution in [3.05, 3.63) is 90.0 Å². The molecule has 1 heterocycles. The first-order valence-electron chi connectivity index (χ1n) is 10.1. The second-order valence-corrected chi connectivity index (χ2v) is 7.53. The molecule has 0 aliphatic carbocycles. The van der Waals surface area contributed by atoms with Gasteiger partial charge < -0.3 is 10.5 Å². The number of fused-ring (bicyclic) bond motifs is 2. The number of anilines is 1. The molecule has 0 amide bonds. The molecular formula is C26H21N3O2. The lowest BCUT2D eigenvalue weighted by Gasteiger charge is -2.10. The first-order valence-corrected chi connectivity index (χ1v) is 10.1. The van der Waals surface area contributed by atoms with Gasteiger partial charge in [-0.15, -0.1) is 0 Å². The van der Waals surface area contributed by atoms with Crippen LogP contribution in [-0.4, -0.2) is 23.1 Å². The van der Waals surface area contributed by atoms with Crippen molar-refractivity contribution in [3.8, 4) is 16.9 Å². The van der Waals surface area contributed by atoms with E-state index in [1.165, 1.54) is 0 Å². The number of carbonyl (C=O) groups excluding carboxylic acids is 1. The molecule has 0 atom stereocenters. The Morgan fingerprint density at radius 2 is 1.84 bits per heavy atom. The smallest absolute Gasteiger partial charge is 0.167 e. The number of H-pyrrole nitrogens is 1. The first kappa shape index (κ1) is 18.9. The van der Waals surface area contributed by atoms with Gasteiger partial charge in [-0.05, 0) is 51.7 Å². The fourth-order valence-electron chi connectivity index (χ4n) is 4.10. The molecule has 0 unspecified atom stereocenters. The van der Waals surface area contributed by atoms with Gasteiger partial charge in [-0.2, -0.15) is 5.10 Å². The summed E-state index contributed by atoms with van der Waals surface area (Å²) in [6.45, 7) is 0. The number of carbonyl (C=O) groups is 1. The van der Waals surface area contributed by atoms with Crippen LogP contribution in [0.25, 0.3) is 32.8 Å². The van der Waals surface area contributed by atoms with Gasteiger partial charge in [0.15, 0.2) is 11.6 Å². The maximum atomic E-state index is 13.1. The minimum absolute atomic E-state index is 0.0767. The normalized spacial score (nSPS) is 11.1. The highest BCUT2D eigenvalue weighted by Gasteiger charge is 2.14. The Kier molecular flexibility index (Phi) is 4.64. The number of nitrogens with one attached hydrogen (secondary N) is 1. The van der Waals surface area contributed by atoms with Crippen LogP contribution in [0.3, 0.4) is 0 Å². The van der Waals surface area contributed by atoms with Gasteiger partial charge >= 0.3 is 0 Å². The van der Waals surface area contributed by atoms with Crippen LogP contribution in [0.2, 0.25) is 0 Å². The molecule has 31 heavy (non-hydrogen) atoms. The van der Waals surface area contributed by atoms with Crippen molar-refractivity contribution in [2.75, 3.05) is 12.8 Å². The van der Waals surface area contributed by atoms with E-state index in [0.29, 0.717) is 17.8 Å². The van der Waals surface area contributed by atoms with Gasteiger partial charge in [0.1, 0.15) is 5.75 Å². The molecule has 152 valence electrons. The van der Waals surface area contributed by atoms with E-state index in [1.807, 2.05) is 72.8 Å². The zero-order chi connectivity index (χ0) is 21.4. The Bertz CT molecular complexity index is 1440. The van der Waals surface area contributed by atoms with E-state index in [4.69, 9.17) is 10.5 Å². The van der Waals surface area contributed by atoms with Crippen molar-refractivity contribution in [3.63, 3.8) is 0 Å². The fourth-order valence-corrected chi connectivity index (χ4v) is 4.10. The average molecular weight is 407 g/mol. The number of hydrogen-bond donors (Lipinski definition) is 2. The Labute approximate surface area is 179 Å². The standard InChI is InChI=1S/C26H21N3O2/c1-31-19-7-2-5-16(13-19)14-24(30)22-9-3-6-17-15-18(11-12-20(17)22)21-8-4-10-23-25(21)26(27)29-28-23/h2-13,15H,14H2,1H3,(H3,27,28,29). The summed E-state index contributed by atoms with van der Waals surface area (Å²) in [6.07, 6.45) is 0.322. The third kappa shape index (κ3) is 3.40. The summed E-state index contributed by atoms with van der Waals surface area (Å²) in [5.41, 5.74) is 10.7. The molecule has 0 spiro atoms. The van der Waals surface area contributed by atoms with E-state index in [-0.39, 0.29) is 5.78 Å². The zero-order valence-corrected chi connectivity index (χ0v) is 17.1. The number of nitrogens with zero attached hydrogens (tertiary/aromatic N) is 1. The molecule has 1 aromatic heterocycles. The summed E-state index contributed by atoms with van der Waals surface area (Å²) >= 11 is 0. The summed E-state index contributed by atoms with van der Waals surface area (Å²) in [6, 6.07) is 25.6. The lowest BCUT2D eigenvalue weighted by Crippen LogP contribution is -2.04. The van der Waals surface area contributed by atoms with Crippen LogP contribution in [0.15, 0.2) is 78.9 Å². The van der Waals surface area contributed by atoms with E-state index in [1.54, 1.807) is 7.11 Å². The summed E-state index contributed by atoms with van der Waals surface area (Å²) in [7, 11) is 1.63. The van der Waals surface area contributed by atoms with E-state index < -0.39 is 0 Å². The van der Waals surface area contributed by atoms with Crippen LogP contribution in [0, 0.1) is 0 Å². The number of benzene rings is 4. The number of nitrogens with two attached hydrogens (primary N) is 1. The number of methoxy groups -OCH3 is 1. The predicted molar refractivity (Wildman–Crippen MR) is 124 cm³/mol.